The molecule has 2 rings (SSSR count). The van der Waals surface area contributed by atoms with Gasteiger partial charge in [-0.15, -0.1) is 0 Å². The van der Waals surface area contributed by atoms with E-state index in [-0.39, 0.29) is 11.4 Å². The Morgan fingerprint density at radius 2 is 1.95 bits per heavy atom. The summed E-state index contributed by atoms with van der Waals surface area (Å²) in [5.74, 6) is 0.222. The molecule has 1 unspecified atom stereocenters. The minimum absolute atomic E-state index is 0.0563. The first kappa shape index (κ1) is 15.8. The van der Waals surface area contributed by atoms with Crippen LogP contribution in [0.3, 0.4) is 0 Å². The minimum Gasteiger partial charge on any atom is -0.354 e. The van der Waals surface area contributed by atoms with Gasteiger partial charge in [0.15, 0.2) is 0 Å². The summed E-state index contributed by atoms with van der Waals surface area (Å²) in [4.78, 5) is 14.6. The highest BCUT2D eigenvalue weighted by Crippen LogP contribution is 2.30. The lowest BCUT2D eigenvalue weighted by Gasteiger charge is -2.37. The number of likely N-dealkylation sites (N-methyl/N-ethyl adjacent to an activating group) is 1. The molecule has 2 aliphatic rings. The molecule has 0 bridgehead atoms. The van der Waals surface area contributed by atoms with E-state index in [9.17, 15) is 4.79 Å². The predicted molar refractivity (Wildman–Crippen MR) is 82.8 cm³/mol. The normalized spacial score (nSPS) is 27.2. The Morgan fingerprint density at radius 1 is 1.20 bits per heavy atom. The van der Waals surface area contributed by atoms with Crippen LogP contribution >= 0.6 is 0 Å². The summed E-state index contributed by atoms with van der Waals surface area (Å²) >= 11 is 0. The second kappa shape index (κ2) is 7.41. The summed E-state index contributed by atoms with van der Waals surface area (Å²) in [5.41, 5.74) is 0.0563. The van der Waals surface area contributed by atoms with Gasteiger partial charge in [-0.05, 0) is 46.3 Å². The number of hydrogen-bond acceptors (Lipinski definition) is 3. The summed E-state index contributed by atoms with van der Waals surface area (Å²) in [6.45, 7) is 1.98. The molecule has 4 nitrogen and oxygen atoms in total. The van der Waals surface area contributed by atoms with Crippen molar-refractivity contribution in [3.05, 3.63) is 0 Å². The highest BCUT2D eigenvalue weighted by Gasteiger charge is 2.32. The average molecular weight is 281 g/mol. The molecule has 1 saturated carbocycles. The molecule has 1 saturated heterocycles. The summed E-state index contributed by atoms with van der Waals surface area (Å²) in [6.07, 6.45) is 10.5. The Balaban J connectivity index is 1.76. The van der Waals surface area contributed by atoms with Crippen molar-refractivity contribution in [2.75, 3.05) is 27.2 Å². The largest absolute Gasteiger partial charge is 0.354 e. The Hall–Kier alpha value is -0.610. The van der Waals surface area contributed by atoms with Crippen molar-refractivity contribution in [3.63, 3.8) is 0 Å². The van der Waals surface area contributed by atoms with Crippen molar-refractivity contribution in [1.29, 1.82) is 0 Å². The van der Waals surface area contributed by atoms with E-state index in [2.05, 4.69) is 22.6 Å². The first-order valence-corrected chi connectivity index (χ1v) is 8.31. The predicted octanol–water partition coefficient (Wildman–Crippen LogP) is 1.90. The number of piperidine rings is 1. The van der Waals surface area contributed by atoms with Gasteiger partial charge < -0.3 is 15.5 Å². The van der Waals surface area contributed by atoms with E-state index >= 15 is 0 Å². The third-order valence-electron chi connectivity index (χ3n) is 5.30. The monoisotopic (exact) mass is 281 g/mol. The minimum atomic E-state index is 0.0563. The van der Waals surface area contributed by atoms with Crippen LogP contribution in [0.5, 0.6) is 0 Å². The molecule has 1 atom stereocenters. The van der Waals surface area contributed by atoms with Crippen molar-refractivity contribution < 1.29 is 4.79 Å². The number of rotatable bonds is 5. The van der Waals surface area contributed by atoms with Gasteiger partial charge in [0.1, 0.15) is 0 Å². The average Bonchev–Trinajstić information content (AvgIpc) is 2.47. The van der Waals surface area contributed by atoms with Crippen LogP contribution in [0.4, 0.5) is 0 Å². The van der Waals surface area contributed by atoms with Crippen LogP contribution in [0.2, 0.25) is 0 Å². The molecule has 0 radical (unpaired) electrons. The molecule has 1 heterocycles. The van der Waals surface area contributed by atoms with Crippen molar-refractivity contribution in [3.8, 4) is 0 Å². The van der Waals surface area contributed by atoms with Gasteiger partial charge in [0, 0.05) is 24.5 Å². The Labute approximate surface area is 123 Å². The number of hydrogen-bond donors (Lipinski definition) is 2. The molecule has 1 aliphatic carbocycles. The Morgan fingerprint density at radius 3 is 2.60 bits per heavy atom. The zero-order valence-electron chi connectivity index (χ0n) is 13.2. The number of carbonyl (C=O) groups is 1. The number of nitrogens with zero attached hydrogens (tertiary/aromatic N) is 1. The second-order valence-electron chi connectivity index (χ2n) is 6.70. The van der Waals surface area contributed by atoms with E-state index in [4.69, 9.17) is 0 Å². The smallest absolute Gasteiger partial charge is 0.221 e. The van der Waals surface area contributed by atoms with Gasteiger partial charge >= 0.3 is 0 Å². The molecule has 1 aliphatic heterocycles. The fourth-order valence-corrected chi connectivity index (χ4v) is 3.75. The molecule has 2 N–H and O–H groups in total. The van der Waals surface area contributed by atoms with Crippen LogP contribution < -0.4 is 10.6 Å². The first-order chi connectivity index (χ1) is 9.65. The molecular weight excluding hydrogens is 250 g/mol. The molecule has 20 heavy (non-hydrogen) atoms. The van der Waals surface area contributed by atoms with E-state index in [0.717, 1.165) is 19.4 Å². The molecule has 0 aromatic carbocycles. The van der Waals surface area contributed by atoms with Gasteiger partial charge in [-0.25, -0.2) is 0 Å². The van der Waals surface area contributed by atoms with Crippen LogP contribution in [0.1, 0.15) is 57.8 Å². The van der Waals surface area contributed by atoms with Gasteiger partial charge in [0.25, 0.3) is 0 Å². The maximum absolute atomic E-state index is 12.3. The summed E-state index contributed by atoms with van der Waals surface area (Å²) < 4.78 is 0. The van der Waals surface area contributed by atoms with Crippen LogP contribution in [0.25, 0.3) is 0 Å². The van der Waals surface area contributed by atoms with E-state index in [0.29, 0.717) is 12.5 Å². The standard InChI is InChI=1S/C16H31N3O/c1-17-16(9-5-3-6-10-16)12-15(20)18-13-14-8-4-7-11-19(14)2/h14,17H,3-13H2,1-2H3,(H,18,20). The van der Waals surface area contributed by atoms with Gasteiger partial charge in [-0.1, -0.05) is 25.7 Å². The van der Waals surface area contributed by atoms with Crippen molar-refractivity contribution in [1.82, 2.24) is 15.5 Å². The van der Waals surface area contributed by atoms with Gasteiger partial charge in [-0.3, -0.25) is 4.79 Å². The maximum Gasteiger partial charge on any atom is 0.221 e. The van der Waals surface area contributed by atoms with Gasteiger partial charge in [0.05, 0.1) is 0 Å². The zero-order chi connectivity index (χ0) is 14.4. The second-order valence-corrected chi connectivity index (χ2v) is 6.70. The summed E-state index contributed by atoms with van der Waals surface area (Å²) in [5, 5.41) is 6.59. The lowest BCUT2D eigenvalue weighted by atomic mass is 9.79. The fraction of sp³-hybridized carbons (Fsp3) is 0.938. The molecule has 0 aromatic rings. The summed E-state index contributed by atoms with van der Waals surface area (Å²) in [6, 6.07) is 0.532. The number of likely N-dealkylation sites (tertiary alicyclic amines) is 1. The molecule has 4 heteroatoms. The van der Waals surface area contributed by atoms with E-state index in [1.54, 1.807) is 0 Å². The van der Waals surface area contributed by atoms with Crippen LogP contribution in [0.15, 0.2) is 0 Å². The van der Waals surface area contributed by atoms with Crippen molar-refractivity contribution >= 4 is 5.91 Å². The van der Waals surface area contributed by atoms with E-state index < -0.39 is 0 Å². The molecule has 0 spiro atoms. The lowest BCUT2D eigenvalue weighted by Crippen LogP contribution is -2.50. The first-order valence-electron chi connectivity index (χ1n) is 8.31. The molecule has 1 amide bonds. The molecule has 2 fully saturated rings. The van der Waals surface area contributed by atoms with Gasteiger partial charge in [-0.2, -0.15) is 0 Å². The lowest BCUT2D eigenvalue weighted by molar-refractivity contribution is -0.123. The van der Waals surface area contributed by atoms with E-state index in [1.165, 1.54) is 45.1 Å². The van der Waals surface area contributed by atoms with E-state index in [1.807, 2.05) is 7.05 Å². The molecule has 0 aromatic heterocycles. The number of nitrogens with one attached hydrogen (secondary N) is 2. The van der Waals surface area contributed by atoms with Crippen molar-refractivity contribution in [2.45, 2.75) is 69.4 Å². The SMILES string of the molecule is CNC1(CC(=O)NCC2CCCCN2C)CCCCC1. The van der Waals surface area contributed by atoms with Crippen molar-refractivity contribution in [2.24, 2.45) is 0 Å². The summed E-state index contributed by atoms with van der Waals surface area (Å²) in [7, 11) is 4.18. The highest BCUT2D eigenvalue weighted by atomic mass is 16.1. The van der Waals surface area contributed by atoms with Crippen LogP contribution in [-0.2, 0) is 4.79 Å². The Kier molecular flexibility index (Phi) is 5.85. The van der Waals surface area contributed by atoms with Crippen LogP contribution in [0, 0.1) is 0 Å². The fourth-order valence-electron chi connectivity index (χ4n) is 3.75. The molecular formula is C16H31N3O. The van der Waals surface area contributed by atoms with Crippen LogP contribution in [-0.4, -0.2) is 49.6 Å². The number of carbonyl (C=O) groups excluding carboxylic acids is 1. The Bertz CT molecular complexity index is 313. The zero-order valence-corrected chi connectivity index (χ0v) is 13.2. The third-order valence-corrected chi connectivity index (χ3v) is 5.30. The quantitative estimate of drug-likeness (QED) is 0.809. The van der Waals surface area contributed by atoms with Gasteiger partial charge in [0.2, 0.25) is 5.91 Å². The topological polar surface area (TPSA) is 44.4 Å². The third kappa shape index (κ3) is 4.19. The highest BCUT2D eigenvalue weighted by molar-refractivity contribution is 5.77. The maximum atomic E-state index is 12.3. The molecule has 116 valence electrons. The number of amides is 1.